The summed E-state index contributed by atoms with van der Waals surface area (Å²) in [4.78, 5) is 11.7. The zero-order valence-electron chi connectivity index (χ0n) is 9.72. The minimum atomic E-state index is -0.288. The van der Waals surface area contributed by atoms with Crippen LogP contribution in [0.5, 0.6) is 0 Å². The van der Waals surface area contributed by atoms with E-state index < -0.39 is 0 Å². The van der Waals surface area contributed by atoms with Gasteiger partial charge in [-0.15, -0.1) is 0 Å². The number of hydrogen-bond donors (Lipinski definition) is 0. The summed E-state index contributed by atoms with van der Waals surface area (Å²) < 4.78 is 5.24. The summed E-state index contributed by atoms with van der Waals surface area (Å²) in [5, 5.41) is 0. The molecule has 0 aliphatic heterocycles. The summed E-state index contributed by atoms with van der Waals surface area (Å²) in [7, 11) is 0. The number of allylic oxidation sites excluding steroid dienone is 3. The molecule has 0 fully saturated rings. The number of ether oxygens (including phenoxy) is 1. The molecule has 0 amide bonds. The van der Waals surface area contributed by atoms with Gasteiger partial charge in [-0.25, -0.2) is 4.79 Å². The predicted octanol–water partition coefficient (Wildman–Crippen LogP) is 3.48. The van der Waals surface area contributed by atoms with Crippen LogP contribution in [0.25, 0.3) is 6.08 Å². The number of esters is 1. The van der Waals surface area contributed by atoms with Crippen LogP contribution in [-0.4, -0.2) is 5.97 Å². The summed E-state index contributed by atoms with van der Waals surface area (Å²) in [6.07, 6.45) is 8.18. The van der Waals surface area contributed by atoms with Gasteiger partial charge in [-0.05, 0) is 24.6 Å². The Morgan fingerprint density at radius 3 is 2.71 bits per heavy atom. The Bertz CT molecular complexity index is 493. The highest BCUT2D eigenvalue weighted by atomic mass is 16.5. The predicted molar refractivity (Wildman–Crippen MR) is 68.0 cm³/mol. The third kappa shape index (κ3) is 3.18. The minimum Gasteiger partial charge on any atom is -0.427 e. The van der Waals surface area contributed by atoms with Crippen molar-refractivity contribution >= 4 is 12.0 Å². The Morgan fingerprint density at radius 1 is 1.29 bits per heavy atom. The fourth-order valence-corrected chi connectivity index (χ4v) is 1.56. The summed E-state index contributed by atoms with van der Waals surface area (Å²) in [6, 6.07) is 9.72. The molecule has 0 atom stereocenters. The van der Waals surface area contributed by atoms with Crippen LogP contribution >= 0.6 is 0 Å². The van der Waals surface area contributed by atoms with Crippen LogP contribution < -0.4 is 0 Å². The first kappa shape index (κ1) is 11.4. The highest BCUT2D eigenvalue weighted by Gasteiger charge is 2.10. The van der Waals surface area contributed by atoms with Crippen LogP contribution in [-0.2, 0) is 9.53 Å². The van der Waals surface area contributed by atoms with Crippen LogP contribution in [0.15, 0.2) is 59.9 Å². The molecule has 1 aliphatic carbocycles. The highest BCUT2D eigenvalue weighted by Crippen LogP contribution is 2.15. The molecule has 0 saturated carbocycles. The van der Waals surface area contributed by atoms with Gasteiger partial charge in [0.25, 0.3) is 0 Å². The second kappa shape index (κ2) is 5.30. The molecule has 86 valence electrons. The maximum atomic E-state index is 11.7. The largest absolute Gasteiger partial charge is 0.427 e. The highest BCUT2D eigenvalue weighted by molar-refractivity contribution is 5.93. The van der Waals surface area contributed by atoms with Crippen molar-refractivity contribution in [3.8, 4) is 0 Å². The quantitative estimate of drug-likeness (QED) is 0.582. The monoisotopic (exact) mass is 226 g/mol. The van der Waals surface area contributed by atoms with Crippen molar-refractivity contribution in [3.05, 3.63) is 65.5 Å². The van der Waals surface area contributed by atoms with E-state index in [1.54, 1.807) is 6.92 Å². The molecule has 1 aromatic rings. The molecule has 0 bridgehead atoms. The van der Waals surface area contributed by atoms with Crippen LogP contribution in [0.3, 0.4) is 0 Å². The van der Waals surface area contributed by atoms with Crippen molar-refractivity contribution in [1.29, 1.82) is 0 Å². The third-order valence-corrected chi connectivity index (χ3v) is 2.47. The molecular weight excluding hydrogens is 212 g/mol. The molecule has 0 aromatic heterocycles. The van der Waals surface area contributed by atoms with Crippen molar-refractivity contribution in [2.75, 3.05) is 0 Å². The van der Waals surface area contributed by atoms with Gasteiger partial charge in [-0.2, -0.15) is 0 Å². The minimum absolute atomic E-state index is 0.288. The summed E-state index contributed by atoms with van der Waals surface area (Å²) in [5.41, 5.74) is 1.60. The van der Waals surface area contributed by atoms with E-state index >= 15 is 0 Å². The summed E-state index contributed by atoms with van der Waals surface area (Å²) in [5.74, 6) is 0.416. The van der Waals surface area contributed by atoms with Crippen LogP contribution in [0.2, 0.25) is 0 Å². The average molecular weight is 226 g/mol. The Balaban J connectivity index is 2.02. The molecule has 0 N–H and O–H groups in total. The van der Waals surface area contributed by atoms with E-state index in [0.29, 0.717) is 17.8 Å². The van der Waals surface area contributed by atoms with Gasteiger partial charge in [0.15, 0.2) is 0 Å². The molecule has 0 unspecified atom stereocenters. The van der Waals surface area contributed by atoms with Crippen LogP contribution in [0, 0.1) is 0 Å². The van der Waals surface area contributed by atoms with Gasteiger partial charge in [-0.3, -0.25) is 0 Å². The molecule has 2 rings (SSSR count). The van der Waals surface area contributed by atoms with Gasteiger partial charge in [0, 0.05) is 12.0 Å². The van der Waals surface area contributed by atoms with Crippen molar-refractivity contribution in [1.82, 2.24) is 0 Å². The SMILES string of the molecule is CC(=Cc1ccccc1)C(=O)OC1=CC=CC1. The molecule has 2 nitrogen and oxygen atoms in total. The van der Waals surface area contributed by atoms with E-state index in [1.807, 2.05) is 54.6 Å². The topological polar surface area (TPSA) is 26.3 Å². The van der Waals surface area contributed by atoms with Gasteiger partial charge in [0.05, 0.1) is 0 Å². The Morgan fingerprint density at radius 2 is 2.06 bits per heavy atom. The van der Waals surface area contributed by atoms with Crippen molar-refractivity contribution in [2.45, 2.75) is 13.3 Å². The number of carbonyl (C=O) groups excluding carboxylic acids is 1. The van der Waals surface area contributed by atoms with Gasteiger partial charge in [-0.1, -0.05) is 42.5 Å². The zero-order valence-corrected chi connectivity index (χ0v) is 9.72. The molecule has 1 aliphatic rings. The third-order valence-electron chi connectivity index (χ3n) is 2.47. The molecule has 0 heterocycles. The summed E-state index contributed by atoms with van der Waals surface area (Å²) >= 11 is 0. The maximum absolute atomic E-state index is 11.7. The number of carbonyl (C=O) groups is 1. The van der Waals surface area contributed by atoms with Gasteiger partial charge in [0.1, 0.15) is 5.76 Å². The average Bonchev–Trinajstić information content (AvgIpc) is 2.83. The Hall–Kier alpha value is -2.09. The first-order valence-corrected chi connectivity index (χ1v) is 5.57. The van der Waals surface area contributed by atoms with E-state index in [1.165, 1.54) is 0 Å². The van der Waals surface area contributed by atoms with E-state index in [2.05, 4.69) is 0 Å². The lowest BCUT2D eigenvalue weighted by atomic mass is 10.1. The van der Waals surface area contributed by atoms with Gasteiger partial charge in [0.2, 0.25) is 0 Å². The van der Waals surface area contributed by atoms with Crippen molar-refractivity contribution in [3.63, 3.8) is 0 Å². The standard InChI is InChI=1S/C15H14O2/c1-12(11-13-7-3-2-4-8-13)15(16)17-14-9-5-6-10-14/h2-9,11H,10H2,1H3. The second-order valence-corrected chi connectivity index (χ2v) is 3.89. The van der Waals surface area contributed by atoms with Crippen molar-refractivity contribution in [2.24, 2.45) is 0 Å². The van der Waals surface area contributed by atoms with E-state index in [9.17, 15) is 4.79 Å². The fourth-order valence-electron chi connectivity index (χ4n) is 1.56. The van der Waals surface area contributed by atoms with Gasteiger partial charge >= 0.3 is 5.97 Å². The van der Waals surface area contributed by atoms with Crippen LogP contribution in [0.4, 0.5) is 0 Å². The van der Waals surface area contributed by atoms with E-state index in [4.69, 9.17) is 4.74 Å². The van der Waals surface area contributed by atoms with E-state index in [-0.39, 0.29) is 5.97 Å². The lowest BCUT2D eigenvalue weighted by molar-refractivity contribution is -0.134. The summed E-state index contributed by atoms with van der Waals surface area (Å²) in [6.45, 7) is 1.76. The molecule has 2 heteroatoms. The lowest BCUT2D eigenvalue weighted by Crippen LogP contribution is -2.04. The smallest absolute Gasteiger partial charge is 0.338 e. The Kier molecular flexibility index (Phi) is 3.55. The second-order valence-electron chi connectivity index (χ2n) is 3.89. The van der Waals surface area contributed by atoms with Crippen LogP contribution in [0.1, 0.15) is 18.9 Å². The first-order valence-electron chi connectivity index (χ1n) is 5.57. The number of hydrogen-bond acceptors (Lipinski definition) is 2. The Labute approximate surface area is 101 Å². The first-order chi connectivity index (χ1) is 8.25. The normalized spacial score (nSPS) is 14.6. The molecule has 0 spiro atoms. The van der Waals surface area contributed by atoms with E-state index in [0.717, 1.165) is 5.56 Å². The molecule has 1 aromatic carbocycles. The molecule has 17 heavy (non-hydrogen) atoms. The zero-order chi connectivity index (χ0) is 12.1. The number of benzene rings is 1. The molecule has 0 saturated heterocycles. The molecule has 0 radical (unpaired) electrons. The maximum Gasteiger partial charge on any atom is 0.338 e. The number of rotatable bonds is 3. The van der Waals surface area contributed by atoms with Gasteiger partial charge < -0.3 is 4.74 Å². The molecular formula is C15H14O2. The fraction of sp³-hybridized carbons (Fsp3) is 0.133. The lowest BCUT2D eigenvalue weighted by Gasteiger charge is -2.04. The van der Waals surface area contributed by atoms with Crippen molar-refractivity contribution < 1.29 is 9.53 Å².